The van der Waals surface area contributed by atoms with Gasteiger partial charge in [-0.15, -0.1) is 0 Å². The van der Waals surface area contributed by atoms with Gasteiger partial charge in [-0.1, -0.05) is 193 Å². The number of alkyl halides is 1. The highest BCUT2D eigenvalue weighted by atomic mass is 31.3. The van der Waals surface area contributed by atoms with Gasteiger partial charge in [0.15, 0.2) is 12.5 Å². The van der Waals surface area contributed by atoms with E-state index in [-0.39, 0.29) is 12.5 Å². The molecule has 2 unspecified atom stereocenters. The third kappa shape index (κ3) is 53.9. The molecule has 2 saturated heterocycles. The Morgan fingerprint density at radius 2 is 0.630 bits per heavy atom. The SMILES string of the molecule is CC(=O)N[C@H]1[C@H](O[C@H]2[C@H](O)[C@@H](F)[C@@H](OP(=O)(O)OP(=O)(O)OCC[C@@H](C)CC/C=C(/C)CC/C=C(/C)CC/C=C(/C)CC/C=C(/C)CC/C=C(/C)CC/C=C(/C)CC/C=C(/C)CC/C=C(/C)CC/C=C(/C)CC/C=C(/C)CC/C=C(/C)CC/C=C(/C)CC/C=C(/C)CC/C=C(\C)CC/C=C(\C)CCC=C(C)C)O[C@@H]2CO)O[C@H](CO)[C@@H](O)[C@@H]1O. The highest BCUT2D eigenvalue weighted by Crippen LogP contribution is 2.61. The van der Waals surface area contributed by atoms with Crippen LogP contribution in [0.4, 0.5) is 4.39 Å². The largest absolute Gasteiger partial charge is 0.483 e. The summed E-state index contributed by atoms with van der Waals surface area (Å²) in [4.78, 5) is 32.5. The second-order valence-corrected chi connectivity index (χ2v) is 37.7. The van der Waals surface area contributed by atoms with Crippen molar-refractivity contribution in [1.29, 1.82) is 0 Å². The van der Waals surface area contributed by atoms with Crippen molar-refractivity contribution in [3.05, 3.63) is 186 Å². The van der Waals surface area contributed by atoms with E-state index in [1.807, 2.05) is 6.92 Å². The van der Waals surface area contributed by atoms with E-state index in [1.54, 1.807) is 0 Å². The molecule has 2 fully saturated rings. The highest BCUT2D eigenvalue weighted by Gasteiger charge is 2.54. The number of hydrogen-bond acceptors (Lipinski definition) is 14. The predicted octanol–water partition coefficient (Wildman–Crippen LogP) is 25.7. The quantitative estimate of drug-likeness (QED) is 0.0208. The molecule has 13 atom stereocenters. The minimum absolute atomic E-state index is 0.0263. The number of nitrogens with one attached hydrogen (secondary N) is 1. The number of allylic oxidation sites excluding steroid dienone is 32. The fraction of sp³-hybridized carbons (Fsp3) is 0.667. The van der Waals surface area contributed by atoms with Gasteiger partial charge in [0.05, 0.1) is 19.8 Å². The number of phosphoric acid groups is 2. The Hall–Kier alpha value is -4.82. The minimum Gasteiger partial charge on any atom is -0.394 e. The molecular formula is C99H164FNO16P2. The molecule has 8 N–H and O–H groups in total. The molecule has 20 heteroatoms. The molecule has 0 radical (unpaired) electrons. The first-order valence-corrected chi connectivity index (χ1v) is 47.6. The van der Waals surface area contributed by atoms with E-state index in [0.29, 0.717) is 6.42 Å². The minimum atomic E-state index is -5.66. The fourth-order valence-corrected chi connectivity index (χ4v) is 16.4. The molecule has 0 aromatic carbocycles. The van der Waals surface area contributed by atoms with Gasteiger partial charge in [0.1, 0.15) is 42.7 Å². The van der Waals surface area contributed by atoms with Gasteiger partial charge in [-0.05, 0) is 336 Å². The van der Waals surface area contributed by atoms with Crippen LogP contribution < -0.4 is 5.32 Å². The molecule has 17 nitrogen and oxygen atoms in total. The number of aliphatic hydroxyl groups is 5. The van der Waals surface area contributed by atoms with Crippen LogP contribution in [0, 0.1) is 5.92 Å². The molecule has 0 aromatic rings. The third-order valence-corrected chi connectivity index (χ3v) is 24.9. The molecule has 2 heterocycles. The van der Waals surface area contributed by atoms with Gasteiger partial charge < -0.3 is 54.8 Å². The molecular weight excluding hydrogens is 1540 g/mol. The fourth-order valence-electron chi connectivity index (χ4n) is 14.2. The predicted molar refractivity (Wildman–Crippen MR) is 492 cm³/mol. The zero-order chi connectivity index (χ0) is 88.9. The van der Waals surface area contributed by atoms with Crippen LogP contribution in [-0.2, 0) is 41.5 Å². The van der Waals surface area contributed by atoms with Gasteiger partial charge in [-0.3, -0.25) is 13.8 Å². The second-order valence-electron chi connectivity index (χ2n) is 34.7. The lowest BCUT2D eigenvalue weighted by Gasteiger charge is -2.46. The van der Waals surface area contributed by atoms with E-state index in [2.05, 4.69) is 225 Å². The van der Waals surface area contributed by atoms with Crippen molar-refractivity contribution in [2.24, 2.45) is 5.92 Å². The summed E-state index contributed by atoms with van der Waals surface area (Å²) in [7, 11) is -10.9. The van der Waals surface area contributed by atoms with Crippen LogP contribution in [0.5, 0.6) is 0 Å². The van der Waals surface area contributed by atoms with E-state index in [4.69, 9.17) is 23.3 Å². The van der Waals surface area contributed by atoms with Gasteiger partial charge in [-0.2, -0.15) is 4.31 Å². The summed E-state index contributed by atoms with van der Waals surface area (Å²) in [6, 6.07) is -1.51. The Morgan fingerprint density at radius 1 is 0.370 bits per heavy atom. The van der Waals surface area contributed by atoms with E-state index in [9.17, 15) is 49.2 Å². The highest BCUT2D eigenvalue weighted by molar-refractivity contribution is 7.61. The van der Waals surface area contributed by atoms with Crippen molar-refractivity contribution in [2.45, 2.75) is 405 Å². The van der Waals surface area contributed by atoms with E-state index >= 15 is 4.39 Å². The van der Waals surface area contributed by atoms with Gasteiger partial charge in [-0.25, -0.2) is 13.5 Å². The smallest absolute Gasteiger partial charge is 0.394 e. The van der Waals surface area contributed by atoms with Crippen LogP contribution in [0.2, 0.25) is 0 Å². The second kappa shape index (κ2) is 63.2. The first-order valence-electron chi connectivity index (χ1n) is 44.6. The number of phosphoric ester groups is 2. The lowest BCUT2D eigenvalue weighted by Crippen LogP contribution is -2.67. The number of rotatable bonds is 61. The molecule has 1 amide bonds. The summed E-state index contributed by atoms with van der Waals surface area (Å²) >= 11 is 0. The summed E-state index contributed by atoms with van der Waals surface area (Å²) in [6.07, 6.45) is 55.9. The zero-order valence-electron chi connectivity index (χ0n) is 77.1. The molecule has 678 valence electrons. The average Bonchev–Trinajstić information content (AvgIpc) is 0.779. The summed E-state index contributed by atoms with van der Waals surface area (Å²) in [5.74, 6) is -0.675. The van der Waals surface area contributed by atoms with Gasteiger partial charge in [0.2, 0.25) is 12.2 Å². The molecule has 0 bridgehead atoms. The number of aliphatic hydroxyl groups excluding tert-OH is 5. The van der Waals surface area contributed by atoms with Crippen molar-refractivity contribution >= 4 is 21.6 Å². The number of hydrogen-bond donors (Lipinski definition) is 8. The summed E-state index contributed by atoms with van der Waals surface area (Å²) in [5, 5.41) is 53.7. The summed E-state index contributed by atoms with van der Waals surface area (Å²) < 4.78 is 71.5. The standard InChI is InChI=1S/C99H164FNO16P2/c1-72(2)36-20-37-73(3)38-21-39-74(4)40-22-41-75(5)42-23-43-76(6)44-24-45-77(7)46-25-47-78(8)48-26-49-79(9)50-27-51-80(10)52-28-53-81(11)54-29-55-82(12)56-30-57-83(13)58-31-59-84(14)60-32-61-85(15)62-33-63-86(16)64-34-65-87(17)66-35-67-88(18)68-69-112-118(108,109)117-119(110,111)116-98-92(100)95(106)97(91(71-103)114-98)115-99-93(101-89(19)104)96(107)94(105)90(70-102)113-99/h36,38,40,42,44,46,48,50,52,54,56,58,60,62,64,66,88,90-99,102-103,105-107H,20-35,37,39,41,43,45,47,49,51,53,55,57,59,61,63,65,67-71H2,1-19H3,(H,101,104)(H,108,109)(H,110,111)/b73-38+,74-40+,75-42-,76-44-,77-46-,78-48-,79-50-,80-52-,81-54-,82-56-,83-58-,84-60-,85-62-,86-64-,87-66-/t88-,90+,91+,92+,93+,94+,95+,96+,97+,98+,99-/m0/s1. The topological polar surface area (TPSA) is 260 Å². The summed E-state index contributed by atoms with van der Waals surface area (Å²) in [6.45, 7) is 39.2. The van der Waals surface area contributed by atoms with E-state index < -0.39 is 96.2 Å². The molecule has 0 spiro atoms. The van der Waals surface area contributed by atoms with E-state index in [1.165, 1.54) is 102 Å². The monoisotopic (exact) mass is 1700 g/mol. The Labute approximate surface area is 721 Å². The van der Waals surface area contributed by atoms with E-state index in [0.717, 1.165) is 200 Å². The van der Waals surface area contributed by atoms with Crippen LogP contribution in [0.3, 0.4) is 0 Å². The molecule has 0 aliphatic carbocycles. The van der Waals surface area contributed by atoms with Crippen LogP contribution in [0.15, 0.2) is 186 Å². The van der Waals surface area contributed by atoms with Crippen molar-refractivity contribution < 1.29 is 81.2 Å². The first kappa shape index (κ1) is 110. The van der Waals surface area contributed by atoms with Gasteiger partial charge in [0, 0.05) is 6.92 Å². The Morgan fingerprint density at radius 3 is 0.891 bits per heavy atom. The number of ether oxygens (including phenoxy) is 3. The van der Waals surface area contributed by atoms with Crippen LogP contribution in [0.25, 0.3) is 0 Å². The Bertz CT molecular complexity index is 3590. The van der Waals surface area contributed by atoms with Gasteiger partial charge in [0.25, 0.3) is 0 Å². The summed E-state index contributed by atoms with van der Waals surface area (Å²) in [5.41, 5.74) is 23.5. The molecule has 0 saturated carbocycles. The van der Waals surface area contributed by atoms with Crippen molar-refractivity contribution in [3.63, 3.8) is 0 Å². The Balaban J connectivity index is 1.58. The van der Waals surface area contributed by atoms with Crippen LogP contribution in [0.1, 0.15) is 343 Å². The number of amides is 1. The van der Waals surface area contributed by atoms with Crippen molar-refractivity contribution in [2.75, 3.05) is 19.8 Å². The number of carbonyl (C=O) groups is 1. The maximum atomic E-state index is 15.6. The van der Waals surface area contributed by atoms with Crippen molar-refractivity contribution in [3.8, 4) is 0 Å². The maximum Gasteiger partial charge on any atom is 0.483 e. The molecule has 2 aliphatic heterocycles. The molecule has 0 aromatic heterocycles. The third-order valence-electron chi connectivity index (χ3n) is 22.3. The molecule has 2 aliphatic rings. The zero-order valence-corrected chi connectivity index (χ0v) is 78.9. The average molecular weight is 1710 g/mol. The first-order chi connectivity index (χ1) is 56.3. The van der Waals surface area contributed by atoms with Crippen LogP contribution in [-0.4, -0.2) is 122 Å². The van der Waals surface area contributed by atoms with Gasteiger partial charge >= 0.3 is 15.6 Å². The Kier molecular flexibility index (Phi) is 58.5. The normalized spacial score (nSPS) is 23.3. The lowest BCUT2D eigenvalue weighted by molar-refractivity contribution is -0.332. The number of halogens is 1. The number of carbonyl (C=O) groups excluding carboxylic acids is 1. The molecule has 2 rings (SSSR count). The van der Waals surface area contributed by atoms with Crippen molar-refractivity contribution in [1.82, 2.24) is 5.32 Å². The lowest BCUT2D eigenvalue weighted by atomic mass is 9.95. The van der Waals surface area contributed by atoms with Crippen LogP contribution >= 0.6 is 15.6 Å². The molecule has 119 heavy (non-hydrogen) atoms. The maximum absolute atomic E-state index is 15.6.